The average Bonchev–Trinajstić information content (AvgIpc) is 3.04. The second kappa shape index (κ2) is 14.3. The Morgan fingerprint density at radius 3 is 1.47 bits per heavy atom. The summed E-state index contributed by atoms with van der Waals surface area (Å²) in [5.41, 5.74) is 4.07. The van der Waals surface area contributed by atoms with Gasteiger partial charge in [-0.1, -0.05) is 24.3 Å². The van der Waals surface area contributed by atoms with Gasteiger partial charge in [0.15, 0.2) is 0 Å². The maximum Gasteiger partial charge on any atom is 0.419 e. The fourth-order valence-corrected chi connectivity index (χ4v) is 4.38. The van der Waals surface area contributed by atoms with E-state index in [4.69, 9.17) is 9.47 Å². The smallest absolute Gasteiger partial charge is 0.371 e. The lowest BCUT2D eigenvalue weighted by Crippen LogP contribution is -2.33. The van der Waals surface area contributed by atoms with Crippen molar-refractivity contribution in [2.75, 3.05) is 50.0 Å². The number of morpholine rings is 2. The van der Waals surface area contributed by atoms with Crippen molar-refractivity contribution >= 4 is 23.3 Å². The number of halogens is 3. The highest BCUT2D eigenvalue weighted by atomic mass is 19.4. The molecule has 0 spiro atoms. The molecule has 4 N–H and O–H groups in total. The van der Waals surface area contributed by atoms with Crippen LogP contribution < -0.4 is 21.3 Å². The van der Waals surface area contributed by atoms with Crippen molar-refractivity contribution in [1.29, 1.82) is 0 Å². The third kappa shape index (κ3) is 8.91. The molecule has 6 rings (SSSR count). The lowest BCUT2D eigenvalue weighted by Gasteiger charge is -2.24. The standard InChI is InChI=1S/C15H15F3N4O.C15H18N4O/c16-15(17,18)11-7-20-14(21-8-11)22-12-3-1-10(2-4-12)13-9-19-5-6-23-13;1-11-8-17-15(18-9-11)19-13-4-2-12(3-5-13)14-10-16-6-7-20-14/h1-4,7-8,13,19H,5-6,9H2,(H,20,21,22);2-5,8-9,14,16H,6-7,10H2,1H3,(H,17,18,19)/t13-;14-/m11/s1. The predicted molar refractivity (Wildman–Crippen MR) is 156 cm³/mol. The Kier molecular flexibility index (Phi) is 10.1. The van der Waals surface area contributed by atoms with E-state index in [-0.39, 0.29) is 18.2 Å². The van der Waals surface area contributed by atoms with Crippen LogP contribution in [0.3, 0.4) is 0 Å². The van der Waals surface area contributed by atoms with Crippen molar-refractivity contribution in [3.63, 3.8) is 0 Å². The van der Waals surface area contributed by atoms with E-state index in [9.17, 15) is 13.2 Å². The first-order chi connectivity index (χ1) is 20.8. The summed E-state index contributed by atoms with van der Waals surface area (Å²) in [6.07, 6.45) is 0.829. The second-order valence-corrected chi connectivity index (χ2v) is 10.00. The van der Waals surface area contributed by atoms with Crippen LogP contribution in [0.15, 0.2) is 73.3 Å². The number of rotatable bonds is 6. The minimum atomic E-state index is -4.44. The van der Waals surface area contributed by atoms with E-state index in [0.717, 1.165) is 62.0 Å². The molecule has 10 nitrogen and oxygen atoms in total. The highest BCUT2D eigenvalue weighted by Gasteiger charge is 2.31. The molecule has 0 bridgehead atoms. The van der Waals surface area contributed by atoms with Gasteiger partial charge in [0.2, 0.25) is 11.9 Å². The SMILES string of the molecule is Cc1cnc(Nc2ccc([C@H]3CNCCO3)cc2)nc1.FC(F)(F)c1cnc(Nc2ccc([C@H]3CNCCO3)cc2)nc1. The van der Waals surface area contributed by atoms with Gasteiger partial charge in [-0.25, -0.2) is 19.9 Å². The molecule has 0 radical (unpaired) electrons. The first kappa shape index (κ1) is 30.3. The maximum absolute atomic E-state index is 12.5. The topological polar surface area (TPSA) is 118 Å². The number of anilines is 4. The van der Waals surface area contributed by atoms with E-state index in [1.54, 1.807) is 12.4 Å². The van der Waals surface area contributed by atoms with Crippen LogP contribution in [-0.2, 0) is 15.7 Å². The molecule has 2 aromatic carbocycles. The molecule has 2 aliphatic rings. The van der Waals surface area contributed by atoms with Crippen molar-refractivity contribution in [2.45, 2.75) is 25.3 Å². The maximum atomic E-state index is 12.5. The number of hydrogen-bond donors (Lipinski definition) is 4. The summed E-state index contributed by atoms with van der Waals surface area (Å²) in [6, 6.07) is 15.6. The minimum absolute atomic E-state index is 0.0140. The van der Waals surface area contributed by atoms with E-state index in [0.29, 0.717) is 18.2 Å². The van der Waals surface area contributed by atoms with E-state index in [1.165, 1.54) is 5.56 Å². The lowest BCUT2D eigenvalue weighted by molar-refractivity contribution is -0.138. The number of benzene rings is 2. The number of alkyl halides is 3. The summed E-state index contributed by atoms with van der Waals surface area (Å²) in [5.74, 6) is 0.722. The van der Waals surface area contributed by atoms with Crippen LogP contribution in [0, 0.1) is 6.92 Å². The van der Waals surface area contributed by atoms with Crippen LogP contribution in [0.25, 0.3) is 0 Å². The zero-order valence-corrected chi connectivity index (χ0v) is 23.6. The predicted octanol–water partition coefficient (Wildman–Crippen LogP) is 5.09. The quantitative estimate of drug-likeness (QED) is 0.241. The third-order valence-corrected chi connectivity index (χ3v) is 6.69. The monoisotopic (exact) mass is 594 g/mol. The van der Waals surface area contributed by atoms with Crippen molar-refractivity contribution in [2.24, 2.45) is 0 Å². The Balaban J connectivity index is 0.000000173. The molecule has 0 saturated carbocycles. The largest absolute Gasteiger partial charge is 0.419 e. The van der Waals surface area contributed by atoms with Crippen LogP contribution in [-0.4, -0.2) is 59.3 Å². The summed E-state index contributed by atoms with van der Waals surface area (Å²) < 4.78 is 48.7. The van der Waals surface area contributed by atoms with E-state index >= 15 is 0 Å². The zero-order valence-electron chi connectivity index (χ0n) is 23.6. The molecule has 0 unspecified atom stereocenters. The van der Waals surface area contributed by atoms with E-state index < -0.39 is 11.7 Å². The molecule has 2 aromatic heterocycles. The first-order valence-electron chi connectivity index (χ1n) is 13.9. The van der Waals surface area contributed by atoms with Gasteiger partial charge in [0.25, 0.3) is 0 Å². The molecule has 226 valence electrons. The van der Waals surface area contributed by atoms with Gasteiger partial charge in [-0.2, -0.15) is 13.2 Å². The number of nitrogens with zero attached hydrogens (tertiary/aromatic N) is 4. The third-order valence-electron chi connectivity index (χ3n) is 6.69. The van der Waals surface area contributed by atoms with E-state index in [2.05, 4.69) is 53.3 Å². The number of aromatic nitrogens is 4. The Labute approximate surface area is 247 Å². The summed E-state index contributed by atoms with van der Waals surface area (Å²) in [5, 5.41) is 12.6. The van der Waals surface area contributed by atoms with Crippen molar-refractivity contribution in [3.05, 3.63) is 95.6 Å². The highest BCUT2D eigenvalue weighted by Crippen LogP contribution is 2.28. The van der Waals surface area contributed by atoms with Gasteiger partial charge >= 0.3 is 6.18 Å². The molecule has 4 heterocycles. The van der Waals surface area contributed by atoms with Gasteiger partial charge < -0.3 is 30.7 Å². The van der Waals surface area contributed by atoms with Gasteiger partial charge in [0.1, 0.15) is 0 Å². The second-order valence-electron chi connectivity index (χ2n) is 10.00. The molecule has 13 heteroatoms. The molecular formula is C30H33F3N8O2. The Morgan fingerprint density at radius 1 is 0.674 bits per heavy atom. The molecule has 2 fully saturated rings. The van der Waals surface area contributed by atoms with E-state index in [1.807, 2.05) is 43.3 Å². The molecule has 0 amide bonds. The number of aryl methyl sites for hydroxylation is 1. The number of nitrogens with one attached hydrogen (secondary N) is 4. The van der Waals surface area contributed by atoms with Gasteiger partial charge in [-0.3, -0.25) is 0 Å². The molecule has 2 saturated heterocycles. The van der Waals surface area contributed by atoms with Crippen molar-refractivity contribution in [3.8, 4) is 0 Å². The van der Waals surface area contributed by atoms with Crippen LogP contribution in [0.4, 0.5) is 36.4 Å². The fourth-order valence-electron chi connectivity index (χ4n) is 4.38. The van der Waals surface area contributed by atoms with Gasteiger partial charge in [0.05, 0.1) is 31.0 Å². The zero-order chi connectivity index (χ0) is 30.1. The number of ether oxygens (including phenoxy) is 2. The number of hydrogen-bond acceptors (Lipinski definition) is 10. The molecular weight excluding hydrogens is 561 g/mol. The summed E-state index contributed by atoms with van der Waals surface area (Å²) in [6.45, 7) is 6.81. The molecule has 0 aliphatic carbocycles. The van der Waals surface area contributed by atoms with Gasteiger partial charge in [-0.05, 0) is 47.9 Å². The Bertz CT molecular complexity index is 1410. The van der Waals surface area contributed by atoms with Gasteiger partial charge in [-0.15, -0.1) is 0 Å². The van der Waals surface area contributed by atoms with Crippen LogP contribution in [0.5, 0.6) is 0 Å². The van der Waals surface area contributed by atoms with Crippen LogP contribution in [0.2, 0.25) is 0 Å². The molecule has 2 aliphatic heterocycles. The highest BCUT2D eigenvalue weighted by molar-refractivity contribution is 5.54. The first-order valence-corrected chi connectivity index (χ1v) is 13.9. The normalized spacial score (nSPS) is 18.7. The van der Waals surface area contributed by atoms with Crippen molar-refractivity contribution in [1.82, 2.24) is 30.6 Å². The molecule has 43 heavy (non-hydrogen) atoms. The minimum Gasteiger partial charge on any atom is -0.371 e. The fraction of sp³-hybridized carbons (Fsp3) is 0.333. The van der Waals surface area contributed by atoms with Crippen LogP contribution >= 0.6 is 0 Å². The Hall–Kier alpha value is -4.17. The lowest BCUT2D eigenvalue weighted by atomic mass is 10.1. The Morgan fingerprint density at radius 2 is 1.09 bits per heavy atom. The molecule has 2 atom stereocenters. The van der Waals surface area contributed by atoms with Crippen LogP contribution in [0.1, 0.15) is 34.5 Å². The summed E-state index contributed by atoms with van der Waals surface area (Å²) in [7, 11) is 0. The molecule has 4 aromatic rings. The summed E-state index contributed by atoms with van der Waals surface area (Å²) in [4.78, 5) is 15.8. The van der Waals surface area contributed by atoms with Gasteiger partial charge in [0, 0.05) is 62.3 Å². The summed E-state index contributed by atoms with van der Waals surface area (Å²) >= 11 is 0. The average molecular weight is 595 g/mol. The van der Waals surface area contributed by atoms with Crippen molar-refractivity contribution < 1.29 is 22.6 Å².